The van der Waals surface area contributed by atoms with Gasteiger partial charge in [0.25, 0.3) is 0 Å². The molecule has 0 bridgehead atoms. The minimum atomic E-state index is 0.269. The summed E-state index contributed by atoms with van der Waals surface area (Å²) in [5.74, 6) is 0. The summed E-state index contributed by atoms with van der Waals surface area (Å²) >= 11 is 3.72. The van der Waals surface area contributed by atoms with Crippen LogP contribution >= 0.6 is 23.5 Å². The van der Waals surface area contributed by atoms with E-state index in [2.05, 4.69) is 76.2 Å². The van der Waals surface area contributed by atoms with E-state index in [1.165, 1.54) is 20.2 Å². The van der Waals surface area contributed by atoms with Gasteiger partial charge in [0.05, 0.1) is 0 Å². The van der Waals surface area contributed by atoms with Gasteiger partial charge in [0, 0.05) is 19.4 Å². The highest BCUT2D eigenvalue weighted by Gasteiger charge is 2.11. The highest BCUT2D eigenvalue weighted by Crippen LogP contribution is 2.34. The Labute approximate surface area is 125 Å². The standard InChI is InChI=1S/C17H20S2/c1-13-5-7-14(8-6-13)18-15-9-11-16(12-10-15)19-17(2,3)4/h5-12H,1-4H3. The van der Waals surface area contributed by atoms with Crippen LogP contribution in [-0.2, 0) is 0 Å². The van der Waals surface area contributed by atoms with E-state index in [9.17, 15) is 0 Å². The van der Waals surface area contributed by atoms with Gasteiger partial charge in [-0.25, -0.2) is 0 Å². The molecule has 0 aliphatic heterocycles. The van der Waals surface area contributed by atoms with E-state index >= 15 is 0 Å². The molecule has 19 heavy (non-hydrogen) atoms. The number of hydrogen-bond acceptors (Lipinski definition) is 2. The molecule has 0 nitrogen and oxygen atoms in total. The fourth-order valence-corrected chi connectivity index (χ4v) is 3.47. The van der Waals surface area contributed by atoms with Crippen molar-refractivity contribution in [3.63, 3.8) is 0 Å². The number of thioether (sulfide) groups is 1. The molecule has 0 amide bonds. The molecule has 0 aliphatic rings. The summed E-state index contributed by atoms with van der Waals surface area (Å²) in [7, 11) is 0. The van der Waals surface area contributed by atoms with Gasteiger partial charge in [-0.3, -0.25) is 0 Å². The topological polar surface area (TPSA) is 0 Å². The van der Waals surface area contributed by atoms with Gasteiger partial charge in [-0.05, 0) is 43.3 Å². The van der Waals surface area contributed by atoms with Crippen molar-refractivity contribution in [3.05, 3.63) is 54.1 Å². The van der Waals surface area contributed by atoms with Crippen LogP contribution in [0.3, 0.4) is 0 Å². The van der Waals surface area contributed by atoms with E-state index < -0.39 is 0 Å². The van der Waals surface area contributed by atoms with Crippen LogP contribution in [0.4, 0.5) is 0 Å². The van der Waals surface area contributed by atoms with E-state index in [1.54, 1.807) is 0 Å². The molecule has 0 unspecified atom stereocenters. The molecular formula is C17H20S2. The van der Waals surface area contributed by atoms with Gasteiger partial charge in [0.2, 0.25) is 0 Å². The van der Waals surface area contributed by atoms with E-state index in [1.807, 2.05) is 23.5 Å². The highest BCUT2D eigenvalue weighted by atomic mass is 32.2. The molecule has 2 aromatic carbocycles. The van der Waals surface area contributed by atoms with Gasteiger partial charge in [0.15, 0.2) is 0 Å². The van der Waals surface area contributed by atoms with Crippen LogP contribution in [0, 0.1) is 6.92 Å². The van der Waals surface area contributed by atoms with Crippen molar-refractivity contribution < 1.29 is 0 Å². The number of benzene rings is 2. The van der Waals surface area contributed by atoms with Crippen molar-refractivity contribution in [2.45, 2.75) is 47.1 Å². The molecule has 0 saturated carbocycles. The molecular weight excluding hydrogens is 268 g/mol. The maximum absolute atomic E-state index is 2.24. The molecule has 0 spiro atoms. The maximum atomic E-state index is 2.24. The summed E-state index contributed by atoms with van der Waals surface area (Å²) in [5, 5.41) is 0. The Morgan fingerprint density at radius 1 is 0.684 bits per heavy atom. The van der Waals surface area contributed by atoms with Crippen LogP contribution in [0.1, 0.15) is 26.3 Å². The summed E-state index contributed by atoms with van der Waals surface area (Å²) in [5.41, 5.74) is 1.31. The van der Waals surface area contributed by atoms with E-state index in [-0.39, 0.29) is 4.75 Å². The van der Waals surface area contributed by atoms with Crippen molar-refractivity contribution in [3.8, 4) is 0 Å². The molecule has 2 heteroatoms. The average molecular weight is 288 g/mol. The first kappa shape index (κ1) is 14.5. The summed E-state index contributed by atoms with van der Waals surface area (Å²) in [4.78, 5) is 3.92. The average Bonchev–Trinajstić information content (AvgIpc) is 2.33. The van der Waals surface area contributed by atoms with Crippen LogP contribution in [0.15, 0.2) is 63.2 Å². The minimum absolute atomic E-state index is 0.269. The lowest BCUT2D eigenvalue weighted by molar-refractivity contribution is 0.803. The smallest absolute Gasteiger partial charge is 0.0123 e. The van der Waals surface area contributed by atoms with Crippen molar-refractivity contribution in [1.82, 2.24) is 0 Å². The third kappa shape index (κ3) is 4.96. The molecule has 0 heterocycles. The van der Waals surface area contributed by atoms with Crippen molar-refractivity contribution in [2.24, 2.45) is 0 Å². The number of aryl methyl sites for hydroxylation is 1. The first-order chi connectivity index (χ1) is 8.92. The van der Waals surface area contributed by atoms with Gasteiger partial charge < -0.3 is 0 Å². The van der Waals surface area contributed by atoms with Crippen LogP contribution in [-0.4, -0.2) is 4.75 Å². The normalized spacial score (nSPS) is 11.6. The van der Waals surface area contributed by atoms with Gasteiger partial charge in [0.1, 0.15) is 0 Å². The second-order valence-electron chi connectivity index (χ2n) is 5.60. The number of hydrogen-bond donors (Lipinski definition) is 0. The third-order valence-corrected chi connectivity index (χ3v) is 4.64. The maximum Gasteiger partial charge on any atom is 0.0123 e. The SMILES string of the molecule is Cc1ccc(Sc2ccc(SC(C)(C)C)cc2)cc1. The van der Waals surface area contributed by atoms with Gasteiger partial charge >= 0.3 is 0 Å². The Kier molecular flexibility index (Phi) is 4.64. The summed E-state index contributed by atoms with van der Waals surface area (Å²) < 4.78 is 0.269. The van der Waals surface area contributed by atoms with E-state index in [0.29, 0.717) is 0 Å². The van der Waals surface area contributed by atoms with Crippen molar-refractivity contribution >= 4 is 23.5 Å². The molecule has 2 aromatic rings. The molecule has 100 valence electrons. The van der Waals surface area contributed by atoms with Crippen LogP contribution in [0.25, 0.3) is 0 Å². The molecule has 0 radical (unpaired) electrons. The van der Waals surface area contributed by atoms with Crippen LogP contribution in [0.2, 0.25) is 0 Å². The molecule has 0 fully saturated rings. The largest absolute Gasteiger partial charge is 0.120 e. The third-order valence-electron chi connectivity index (χ3n) is 2.50. The Balaban J connectivity index is 2.04. The molecule has 0 atom stereocenters. The predicted octanol–water partition coefficient (Wildman–Crippen LogP) is 6.04. The molecule has 0 aromatic heterocycles. The van der Waals surface area contributed by atoms with E-state index in [0.717, 1.165) is 0 Å². The molecule has 0 saturated heterocycles. The zero-order chi connectivity index (χ0) is 13.9. The lowest BCUT2D eigenvalue weighted by Gasteiger charge is -2.17. The zero-order valence-corrected chi connectivity index (χ0v) is 13.6. The Bertz CT molecular complexity index is 519. The lowest BCUT2D eigenvalue weighted by atomic mass is 10.2. The lowest BCUT2D eigenvalue weighted by Crippen LogP contribution is -2.06. The van der Waals surface area contributed by atoms with Gasteiger partial charge in [-0.15, -0.1) is 11.8 Å². The Morgan fingerprint density at radius 3 is 1.58 bits per heavy atom. The van der Waals surface area contributed by atoms with Crippen molar-refractivity contribution in [2.75, 3.05) is 0 Å². The highest BCUT2D eigenvalue weighted by molar-refractivity contribution is 8.00. The van der Waals surface area contributed by atoms with Crippen LogP contribution < -0.4 is 0 Å². The Hall–Kier alpha value is -0.860. The van der Waals surface area contributed by atoms with Crippen molar-refractivity contribution in [1.29, 1.82) is 0 Å². The fraction of sp³-hybridized carbons (Fsp3) is 0.294. The van der Waals surface area contributed by atoms with E-state index in [4.69, 9.17) is 0 Å². The van der Waals surface area contributed by atoms with Gasteiger partial charge in [-0.1, -0.05) is 50.2 Å². The Morgan fingerprint density at radius 2 is 1.11 bits per heavy atom. The second-order valence-corrected chi connectivity index (χ2v) is 8.65. The molecule has 2 rings (SSSR count). The zero-order valence-electron chi connectivity index (χ0n) is 11.9. The summed E-state index contributed by atoms with van der Waals surface area (Å²) in [6, 6.07) is 17.5. The fourth-order valence-electron chi connectivity index (χ4n) is 1.67. The predicted molar refractivity (Wildman–Crippen MR) is 87.4 cm³/mol. The number of rotatable bonds is 3. The molecule has 0 aliphatic carbocycles. The first-order valence-corrected chi connectivity index (χ1v) is 8.09. The second kappa shape index (κ2) is 6.06. The van der Waals surface area contributed by atoms with Gasteiger partial charge in [-0.2, -0.15) is 0 Å². The molecule has 0 N–H and O–H groups in total. The monoisotopic (exact) mass is 288 g/mol. The minimum Gasteiger partial charge on any atom is -0.120 e. The summed E-state index contributed by atoms with van der Waals surface area (Å²) in [6.07, 6.45) is 0. The van der Waals surface area contributed by atoms with Crippen LogP contribution in [0.5, 0.6) is 0 Å². The first-order valence-electron chi connectivity index (χ1n) is 6.46. The quantitative estimate of drug-likeness (QED) is 0.632. The summed E-state index contributed by atoms with van der Waals surface area (Å²) in [6.45, 7) is 8.85.